The van der Waals surface area contributed by atoms with Crippen LogP contribution < -0.4 is 14.8 Å². The molecule has 1 aromatic heterocycles. The number of hydrogen-bond acceptors (Lipinski definition) is 4. The van der Waals surface area contributed by atoms with Crippen LogP contribution in [0.15, 0.2) is 42.5 Å². The number of H-pyrrole nitrogens is 1. The Bertz CT molecular complexity index is 1080. The number of aryl methyl sites for hydroxylation is 1. The molecule has 1 fully saturated rings. The fraction of sp³-hybridized carbons (Fsp3) is 0.348. The van der Waals surface area contributed by atoms with Crippen LogP contribution in [0.3, 0.4) is 0 Å². The smallest absolute Gasteiger partial charge is 0.258 e. The van der Waals surface area contributed by atoms with Gasteiger partial charge >= 0.3 is 0 Å². The first-order valence-corrected chi connectivity index (χ1v) is 10.0. The standard InChI is InChI=1S/C23H25N3O3/c1-15-18-13-16(28-2)7-8-19(18)24-20(15)14-26-11-9-23(10-12-26)25-22(27)17-5-3-4-6-21(17)29-23/h3-8,13,24H,9-12,14H2,1-2H3,(H,25,27). The number of nitrogens with one attached hydrogen (secondary N) is 2. The van der Waals surface area contributed by atoms with Gasteiger partial charge in [0.15, 0.2) is 5.72 Å². The molecule has 2 aliphatic heterocycles. The predicted molar refractivity (Wildman–Crippen MR) is 111 cm³/mol. The molecular formula is C23H25N3O3. The largest absolute Gasteiger partial charge is 0.497 e. The van der Waals surface area contributed by atoms with E-state index in [0.717, 1.165) is 43.7 Å². The molecular weight excluding hydrogens is 366 g/mol. The van der Waals surface area contributed by atoms with Crippen molar-refractivity contribution in [3.8, 4) is 11.5 Å². The molecule has 0 bridgehead atoms. The molecule has 29 heavy (non-hydrogen) atoms. The molecule has 5 rings (SSSR count). The fourth-order valence-corrected chi connectivity index (χ4v) is 4.42. The summed E-state index contributed by atoms with van der Waals surface area (Å²) >= 11 is 0. The molecule has 0 atom stereocenters. The Morgan fingerprint density at radius 1 is 1.17 bits per heavy atom. The van der Waals surface area contributed by atoms with Gasteiger partial charge in [-0.15, -0.1) is 0 Å². The number of carbonyl (C=O) groups is 1. The minimum absolute atomic E-state index is 0.0410. The highest BCUT2D eigenvalue weighted by Gasteiger charge is 2.42. The van der Waals surface area contributed by atoms with Crippen LogP contribution in [0, 0.1) is 6.92 Å². The molecule has 1 amide bonds. The number of fused-ring (bicyclic) bond motifs is 2. The zero-order chi connectivity index (χ0) is 20.0. The van der Waals surface area contributed by atoms with Gasteiger partial charge in [0.25, 0.3) is 5.91 Å². The monoisotopic (exact) mass is 391 g/mol. The maximum absolute atomic E-state index is 12.5. The van der Waals surface area contributed by atoms with Gasteiger partial charge in [-0.1, -0.05) is 12.1 Å². The summed E-state index contributed by atoms with van der Waals surface area (Å²) in [6.07, 6.45) is 1.53. The quantitative estimate of drug-likeness (QED) is 0.716. The zero-order valence-electron chi connectivity index (χ0n) is 16.7. The summed E-state index contributed by atoms with van der Waals surface area (Å²) in [7, 11) is 1.69. The van der Waals surface area contributed by atoms with Gasteiger partial charge in [0.2, 0.25) is 0 Å². The summed E-state index contributed by atoms with van der Waals surface area (Å²) in [5.74, 6) is 1.52. The highest BCUT2D eigenvalue weighted by molar-refractivity contribution is 5.98. The van der Waals surface area contributed by atoms with E-state index in [1.54, 1.807) is 13.2 Å². The van der Waals surface area contributed by atoms with Crippen molar-refractivity contribution in [3.05, 3.63) is 59.3 Å². The average Bonchev–Trinajstić information content (AvgIpc) is 3.04. The van der Waals surface area contributed by atoms with Crippen molar-refractivity contribution in [2.75, 3.05) is 20.2 Å². The van der Waals surface area contributed by atoms with Crippen molar-refractivity contribution < 1.29 is 14.3 Å². The molecule has 0 aliphatic carbocycles. The Balaban J connectivity index is 1.30. The van der Waals surface area contributed by atoms with Gasteiger partial charge < -0.3 is 19.8 Å². The summed E-state index contributed by atoms with van der Waals surface area (Å²) in [5.41, 5.74) is 3.64. The van der Waals surface area contributed by atoms with Crippen molar-refractivity contribution in [2.45, 2.75) is 32.0 Å². The number of likely N-dealkylation sites (tertiary alicyclic amines) is 1. The third-order valence-corrected chi connectivity index (χ3v) is 6.19. The van der Waals surface area contributed by atoms with E-state index in [1.165, 1.54) is 16.6 Å². The van der Waals surface area contributed by atoms with Gasteiger partial charge in [-0.25, -0.2) is 0 Å². The van der Waals surface area contributed by atoms with Crippen molar-refractivity contribution in [3.63, 3.8) is 0 Å². The van der Waals surface area contributed by atoms with Gasteiger partial charge in [0, 0.05) is 49.1 Å². The molecule has 6 nitrogen and oxygen atoms in total. The number of amides is 1. The predicted octanol–water partition coefficient (Wildman–Crippen LogP) is 3.60. The van der Waals surface area contributed by atoms with Gasteiger partial charge in [-0.05, 0) is 42.8 Å². The molecule has 2 aromatic carbocycles. The highest BCUT2D eigenvalue weighted by Crippen LogP contribution is 2.34. The van der Waals surface area contributed by atoms with Crippen molar-refractivity contribution >= 4 is 16.8 Å². The summed E-state index contributed by atoms with van der Waals surface area (Å²) in [5, 5.41) is 4.31. The Morgan fingerprint density at radius 3 is 2.76 bits per heavy atom. The van der Waals surface area contributed by atoms with E-state index in [1.807, 2.05) is 24.3 Å². The zero-order valence-corrected chi connectivity index (χ0v) is 16.7. The Kier molecular flexibility index (Phi) is 4.24. The number of piperidine rings is 1. The third-order valence-electron chi connectivity index (χ3n) is 6.19. The molecule has 6 heteroatoms. The normalized spacial score (nSPS) is 18.3. The summed E-state index contributed by atoms with van der Waals surface area (Å²) in [6, 6.07) is 13.6. The number of aromatic nitrogens is 1. The molecule has 3 aromatic rings. The number of aromatic amines is 1. The molecule has 2 aliphatic rings. The van der Waals surface area contributed by atoms with E-state index in [9.17, 15) is 4.79 Å². The molecule has 2 N–H and O–H groups in total. The number of methoxy groups -OCH3 is 1. The second-order valence-electron chi connectivity index (χ2n) is 7.96. The van der Waals surface area contributed by atoms with Crippen molar-refractivity contribution in [1.82, 2.24) is 15.2 Å². The van der Waals surface area contributed by atoms with Crippen molar-refractivity contribution in [2.24, 2.45) is 0 Å². The van der Waals surface area contributed by atoms with E-state index >= 15 is 0 Å². The van der Waals surface area contributed by atoms with E-state index in [4.69, 9.17) is 9.47 Å². The number of carbonyl (C=O) groups excluding carboxylic acids is 1. The molecule has 0 radical (unpaired) electrons. The topological polar surface area (TPSA) is 66.6 Å². The average molecular weight is 391 g/mol. The Morgan fingerprint density at radius 2 is 1.97 bits per heavy atom. The Labute approximate surface area is 169 Å². The third kappa shape index (κ3) is 3.13. The minimum Gasteiger partial charge on any atom is -0.497 e. The van der Waals surface area contributed by atoms with Crippen LogP contribution in [0.2, 0.25) is 0 Å². The van der Waals surface area contributed by atoms with Crippen LogP contribution in [0.1, 0.15) is 34.5 Å². The molecule has 1 saturated heterocycles. The van der Waals surface area contributed by atoms with E-state index < -0.39 is 5.72 Å². The van der Waals surface area contributed by atoms with E-state index in [-0.39, 0.29) is 5.91 Å². The minimum atomic E-state index is -0.592. The molecule has 150 valence electrons. The first kappa shape index (κ1) is 18.1. The van der Waals surface area contributed by atoms with Crippen LogP contribution in [0.4, 0.5) is 0 Å². The maximum Gasteiger partial charge on any atom is 0.258 e. The van der Waals surface area contributed by atoms with Gasteiger partial charge in [0.05, 0.1) is 12.7 Å². The van der Waals surface area contributed by atoms with Gasteiger partial charge in [-0.3, -0.25) is 9.69 Å². The van der Waals surface area contributed by atoms with Crippen LogP contribution >= 0.6 is 0 Å². The lowest BCUT2D eigenvalue weighted by Crippen LogP contribution is -2.60. The number of hydrogen-bond donors (Lipinski definition) is 2. The number of nitrogens with zero attached hydrogens (tertiary/aromatic N) is 1. The summed E-state index contributed by atoms with van der Waals surface area (Å²) in [6.45, 7) is 4.73. The van der Waals surface area contributed by atoms with Gasteiger partial charge in [-0.2, -0.15) is 0 Å². The van der Waals surface area contributed by atoms with Crippen LogP contribution in [-0.2, 0) is 6.54 Å². The molecule has 3 heterocycles. The highest BCUT2D eigenvalue weighted by atomic mass is 16.5. The number of para-hydroxylation sites is 1. The van der Waals surface area contributed by atoms with Crippen LogP contribution in [0.5, 0.6) is 11.5 Å². The lowest BCUT2D eigenvalue weighted by atomic mass is 9.96. The number of rotatable bonds is 3. The summed E-state index contributed by atoms with van der Waals surface area (Å²) < 4.78 is 11.6. The Hall–Kier alpha value is -2.99. The summed E-state index contributed by atoms with van der Waals surface area (Å²) in [4.78, 5) is 18.5. The van der Waals surface area contributed by atoms with E-state index in [2.05, 4.69) is 34.3 Å². The van der Waals surface area contributed by atoms with Crippen LogP contribution in [-0.4, -0.2) is 41.7 Å². The van der Waals surface area contributed by atoms with E-state index in [0.29, 0.717) is 11.3 Å². The fourth-order valence-electron chi connectivity index (χ4n) is 4.42. The number of benzene rings is 2. The first-order valence-electron chi connectivity index (χ1n) is 10.0. The van der Waals surface area contributed by atoms with Gasteiger partial charge in [0.1, 0.15) is 11.5 Å². The SMILES string of the molecule is COc1ccc2[nH]c(CN3CCC4(CC3)NC(=O)c3ccccc3O4)c(C)c2c1. The second kappa shape index (κ2) is 6.81. The molecule has 0 saturated carbocycles. The molecule has 1 spiro atoms. The second-order valence-corrected chi connectivity index (χ2v) is 7.96. The lowest BCUT2D eigenvalue weighted by molar-refractivity contribution is -0.0306. The molecule has 0 unspecified atom stereocenters. The first-order chi connectivity index (χ1) is 14.1. The van der Waals surface area contributed by atoms with Crippen LogP contribution in [0.25, 0.3) is 10.9 Å². The lowest BCUT2D eigenvalue weighted by Gasteiger charge is -2.44. The number of ether oxygens (including phenoxy) is 2. The van der Waals surface area contributed by atoms with Crippen molar-refractivity contribution in [1.29, 1.82) is 0 Å². The maximum atomic E-state index is 12.5.